The van der Waals surface area contributed by atoms with E-state index >= 15 is 0 Å². The Bertz CT molecular complexity index is 605. The highest BCUT2D eigenvalue weighted by molar-refractivity contribution is 5.90. The number of methoxy groups -OCH3 is 1. The third-order valence-electron chi connectivity index (χ3n) is 2.93. The first-order valence-electron chi connectivity index (χ1n) is 6.32. The van der Waals surface area contributed by atoms with E-state index in [-0.39, 0.29) is 5.91 Å². The second kappa shape index (κ2) is 6.14. The lowest BCUT2D eigenvalue weighted by Gasteiger charge is -2.12. The van der Waals surface area contributed by atoms with E-state index in [1.165, 1.54) is 6.92 Å². The highest BCUT2D eigenvalue weighted by atomic mass is 16.5. The van der Waals surface area contributed by atoms with Gasteiger partial charge in [0.25, 0.3) is 0 Å². The third kappa shape index (κ3) is 3.32. The van der Waals surface area contributed by atoms with E-state index in [0.717, 1.165) is 17.0 Å². The average Bonchev–Trinajstić information content (AvgIpc) is 2.82. The van der Waals surface area contributed by atoms with Gasteiger partial charge in [-0.3, -0.25) is 4.79 Å². The molecule has 2 aromatic rings. The number of nitrogens with one attached hydrogen (secondary N) is 2. The van der Waals surface area contributed by atoms with E-state index in [0.29, 0.717) is 18.0 Å². The van der Waals surface area contributed by atoms with Crippen LogP contribution in [-0.4, -0.2) is 13.0 Å². The van der Waals surface area contributed by atoms with Gasteiger partial charge in [0.1, 0.15) is 11.5 Å². The maximum Gasteiger partial charge on any atom is 0.221 e. The molecule has 0 saturated heterocycles. The molecule has 0 saturated carbocycles. The Kier molecular flexibility index (Phi) is 4.30. The number of rotatable bonds is 5. The normalized spacial score (nSPS) is 10.2. The van der Waals surface area contributed by atoms with Crippen molar-refractivity contribution in [1.82, 2.24) is 0 Å². The van der Waals surface area contributed by atoms with E-state index in [1.54, 1.807) is 19.4 Å². The molecule has 5 nitrogen and oxygen atoms in total. The quantitative estimate of drug-likeness (QED) is 0.879. The summed E-state index contributed by atoms with van der Waals surface area (Å²) in [5.41, 5.74) is 2.66. The Morgan fingerprint density at radius 3 is 2.75 bits per heavy atom. The number of carbonyl (C=O) groups excluding carboxylic acids is 1. The molecule has 0 aliphatic heterocycles. The summed E-state index contributed by atoms with van der Waals surface area (Å²) >= 11 is 0. The van der Waals surface area contributed by atoms with Crippen LogP contribution in [0.2, 0.25) is 0 Å². The lowest BCUT2D eigenvalue weighted by atomic mass is 10.2. The van der Waals surface area contributed by atoms with Gasteiger partial charge < -0.3 is 19.8 Å². The summed E-state index contributed by atoms with van der Waals surface area (Å²) in [7, 11) is 1.57. The van der Waals surface area contributed by atoms with Crippen LogP contribution in [-0.2, 0) is 11.3 Å². The second-order valence-electron chi connectivity index (χ2n) is 4.48. The molecule has 106 valence electrons. The number of aryl methyl sites for hydroxylation is 1. The Balaban J connectivity index is 2.09. The van der Waals surface area contributed by atoms with Crippen LogP contribution in [0, 0.1) is 6.92 Å². The van der Waals surface area contributed by atoms with Gasteiger partial charge in [-0.2, -0.15) is 0 Å². The summed E-state index contributed by atoms with van der Waals surface area (Å²) in [6.45, 7) is 4.06. The van der Waals surface area contributed by atoms with Crippen molar-refractivity contribution in [3.05, 3.63) is 41.9 Å². The third-order valence-corrected chi connectivity index (χ3v) is 2.93. The fourth-order valence-corrected chi connectivity index (χ4v) is 1.86. The molecule has 2 rings (SSSR count). The number of amides is 1. The predicted octanol–water partition coefficient (Wildman–Crippen LogP) is 3.17. The van der Waals surface area contributed by atoms with Crippen molar-refractivity contribution in [2.75, 3.05) is 17.7 Å². The minimum Gasteiger partial charge on any atom is -0.494 e. The number of benzene rings is 1. The van der Waals surface area contributed by atoms with Crippen LogP contribution in [0.25, 0.3) is 0 Å². The van der Waals surface area contributed by atoms with Crippen molar-refractivity contribution < 1.29 is 13.9 Å². The summed E-state index contributed by atoms with van der Waals surface area (Å²) < 4.78 is 10.6. The van der Waals surface area contributed by atoms with Gasteiger partial charge in [-0.15, -0.1) is 0 Å². The number of anilines is 2. The minimum atomic E-state index is -0.129. The molecule has 0 spiro atoms. The molecule has 0 unspecified atom stereocenters. The largest absolute Gasteiger partial charge is 0.494 e. The van der Waals surface area contributed by atoms with Crippen LogP contribution in [0.1, 0.15) is 18.2 Å². The summed E-state index contributed by atoms with van der Waals surface area (Å²) in [6, 6.07) is 7.45. The average molecular weight is 274 g/mol. The van der Waals surface area contributed by atoms with Crippen LogP contribution in [0.4, 0.5) is 11.4 Å². The van der Waals surface area contributed by atoms with Crippen molar-refractivity contribution in [2.45, 2.75) is 20.4 Å². The summed E-state index contributed by atoms with van der Waals surface area (Å²) in [5, 5.41) is 5.98. The smallest absolute Gasteiger partial charge is 0.221 e. The monoisotopic (exact) mass is 274 g/mol. The number of ether oxygens (including phenoxy) is 1. The second-order valence-corrected chi connectivity index (χ2v) is 4.48. The molecule has 0 radical (unpaired) electrons. The van der Waals surface area contributed by atoms with Gasteiger partial charge in [0.15, 0.2) is 0 Å². The predicted molar refractivity (Wildman–Crippen MR) is 78.1 cm³/mol. The lowest BCUT2D eigenvalue weighted by molar-refractivity contribution is -0.114. The molecule has 1 aromatic carbocycles. The molecular weight excluding hydrogens is 256 g/mol. The molecule has 2 N–H and O–H groups in total. The zero-order chi connectivity index (χ0) is 14.5. The van der Waals surface area contributed by atoms with Crippen molar-refractivity contribution in [1.29, 1.82) is 0 Å². The fourth-order valence-electron chi connectivity index (χ4n) is 1.86. The van der Waals surface area contributed by atoms with Gasteiger partial charge in [0.2, 0.25) is 5.91 Å². The van der Waals surface area contributed by atoms with Gasteiger partial charge in [0.05, 0.1) is 25.6 Å². The van der Waals surface area contributed by atoms with E-state index in [9.17, 15) is 4.79 Å². The Morgan fingerprint density at radius 2 is 2.15 bits per heavy atom. The first-order valence-corrected chi connectivity index (χ1v) is 6.32. The van der Waals surface area contributed by atoms with E-state index in [1.807, 2.05) is 25.1 Å². The van der Waals surface area contributed by atoms with Gasteiger partial charge in [-0.05, 0) is 30.7 Å². The van der Waals surface area contributed by atoms with Gasteiger partial charge in [-0.1, -0.05) is 0 Å². The van der Waals surface area contributed by atoms with Gasteiger partial charge >= 0.3 is 0 Å². The standard InChI is InChI=1S/C15H18N2O3/c1-10-6-7-20-15(10)9-16-12-4-5-13(17-11(2)18)14(8-12)19-3/h4-8,16H,9H2,1-3H3,(H,17,18). The van der Waals surface area contributed by atoms with Crippen molar-refractivity contribution in [2.24, 2.45) is 0 Å². The topological polar surface area (TPSA) is 63.5 Å². The van der Waals surface area contributed by atoms with Gasteiger partial charge in [-0.25, -0.2) is 0 Å². The van der Waals surface area contributed by atoms with E-state index in [2.05, 4.69) is 10.6 Å². The van der Waals surface area contributed by atoms with Gasteiger partial charge in [0, 0.05) is 18.7 Å². The molecule has 0 fully saturated rings. The van der Waals surface area contributed by atoms with Crippen LogP contribution in [0.3, 0.4) is 0 Å². The Hall–Kier alpha value is -2.43. The van der Waals surface area contributed by atoms with Crippen molar-refractivity contribution in [3.8, 4) is 5.75 Å². The Labute approximate surface area is 117 Å². The first kappa shape index (κ1) is 14.0. The summed E-state index contributed by atoms with van der Waals surface area (Å²) in [4.78, 5) is 11.1. The minimum absolute atomic E-state index is 0.129. The summed E-state index contributed by atoms with van der Waals surface area (Å²) in [6.07, 6.45) is 1.67. The number of hydrogen-bond acceptors (Lipinski definition) is 4. The van der Waals surface area contributed by atoms with Crippen molar-refractivity contribution >= 4 is 17.3 Å². The van der Waals surface area contributed by atoms with E-state index in [4.69, 9.17) is 9.15 Å². The van der Waals surface area contributed by atoms with Crippen molar-refractivity contribution in [3.63, 3.8) is 0 Å². The number of furan rings is 1. The lowest BCUT2D eigenvalue weighted by Crippen LogP contribution is -2.07. The molecule has 0 bridgehead atoms. The van der Waals surface area contributed by atoms with Crippen LogP contribution in [0.15, 0.2) is 34.9 Å². The zero-order valence-electron chi connectivity index (χ0n) is 11.8. The molecule has 20 heavy (non-hydrogen) atoms. The molecule has 1 amide bonds. The Morgan fingerprint density at radius 1 is 1.35 bits per heavy atom. The molecule has 0 aliphatic carbocycles. The number of hydrogen-bond donors (Lipinski definition) is 2. The molecule has 1 heterocycles. The molecule has 0 atom stereocenters. The highest BCUT2D eigenvalue weighted by Crippen LogP contribution is 2.28. The molecular formula is C15H18N2O3. The summed E-state index contributed by atoms with van der Waals surface area (Å²) in [5.74, 6) is 1.38. The van der Waals surface area contributed by atoms with E-state index < -0.39 is 0 Å². The SMILES string of the molecule is COc1cc(NCc2occc2C)ccc1NC(C)=O. The molecule has 0 aliphatic rings. The maximum absolute atomic E-state index is 11.1. The zero-order valence-corrected chi connectivity index (χ0v) is 11.8. The first-order chi connectivity index (χ1) is 9.60. The van der Waals surface area contributed by atoms with Crippen LogP contribution >= 0.6 is 0 Å². The maximum atomic E-state index is 11.1. The molecule has 1 aromatic heterocycles. The van der Waals surface area contributed by atoms with Crippen LogP contribution < -0.4 is 15.4 Å². The highest BCUT2D eigenvalue weighted by Gasteiger charge is 2.07. The fraction of sp³-hybridized carbons (Fsp3) is 0.267. The molecule has 5 heteroatoms. The number of carbonyl (C=O) groups is 1. The van der Waals surface area contributed by atoms with Crippen LogP contribution in [0.5, 0.6) is 5.75 Å².